The second-order valence-corrected chi connectivity index (χ2v) is 1.72. The van der Waals surface area contributed by atoms with Gasteiger partial charge in [-0.05, 0) is 0 Å². The van der Waals surface area contributed by atoms with Crippen LogP contribution in [0.1, 0.15) is 0 Å². The third kappa shape index (κ3) is 40.5. The molecule has 98 valence electrons. The summed E-state index contributed by atoms with van der Waals surface area (Å²) in [5.74, 6) is -7.30. The molecule has 17 heavy (non-hydrogen) atoms. The first kappa shape index (κ1) is 24.5. The molecule has 0 aromatic heterocycles. The molecule has 0 aromatic rings. The molecule has 0 saturated carbocycles. The van der Waals surface area contributed by atoms with Crippen molar-refractivity contribution in [2.24, 2.45) is 0 Å². The fourth-order valence-electron chi connectivity index (χ4n) is 0. The third-order valence-electron chi connectivity index (χ3n) is 0.491. The van der Waals surface area contributed by atoms with E-state index >= 15 is 0 Å². The molecule has 0 aliphatic carbocycles. The molecule has 0 rings (SSSR count). The maximum atomic E-state index is 9.10. The van der Waals surface area contributed by atoms with Crippen molar-refractivity contribution in [2.75, 3.05) is 13.1 Å². The van der Waals surface area contributed by atoms with Gasteiger partial charge < -0.3 is 31.9 Å². The van der Waals surface area contributed by atoms with Crippen LogP contribution in [-0.4, -0.2) is 57.4 Å². The zero-order chi connectivity index (χ0) is 13.7. The number of rotatable bonds is 1. The number of aliphatic carboxylic acids is 4. The zero-order valence-electron chi connectivity index (χ0n) is 8.24. The van der Waals surface area contributed by atoms with E-state index in [4.69, 9.17) is 51.1 Å². The SMILES string of the molecule is O=C(O)C(=O)O.O=C(O)C(=O)O.[Cr+2].[NH-]CC[NH-]. The van der Waals surface area contributed by atoms with E-state index in [2.05, 4.69) is 0 Å². The second-order valence-electron chi connectivity index (χ2n) is 1.72. The van der Waals surface area contributed by atoms with Crippen LogP contribution in [0.15, 0.2) is 0 Å². The zero-order valence-corrected chi connectivity index (χ0v) is 9.52. The second kappa shape index (κ2) is 16.8. The van der Waals surface area contributed by atoms with Gasteiger partial charge in [0.15, 0.2) is 0 Å². The quantitative estimate of drug-likeness (QED) is 0.458. The topological polar surface area (TPSA) is 197 Å². The summed E-state index contributed by atoms with van der Waals surface area (Å²) in [5, 5.41) is 29.6. The molecule has 11 heteroatoms. The van der Waals surface area contributed by atoms with E-state index in [-0.39, 0.29) is 30.5 Å². The van der Waals surface area contributed by atoms with Gasteiger partial charge in [-0.25, -0.2) is 19.2 Å². The van der Waals surface area contributed by atoms with Crippen LogP contribution in [0, 0.1) is 0 Å². The number of hydrogen-bond donors (Lipinski definition) is 4. The van der Waals surface area contributed by atoms with Crippen molar-refractivity contribution < 1.29 is 57.0 Å². The number of carbonyl (C=O) groups is 4. The Morgan fingerprint density at radius 3 is 0.765 bits per heavy atom. The predicted molar refractivity (Wildman–Crippen MR) is 48.9 cm³/mol. The van der Waals surface area contributed by atoms with Crippen LogP contribution in [0.2, 0.25) is 0 Å². The molecule has 0 saturated heterocycles. The van der Waals surface area contributed by atoms with Gasteiger partial charge in [-0.3, -0.25) is 0 Å². The van der Waals surface area contributed by atoms with Crippen molar-refractivity contribution in [2.45, 2.75) is 0 Å². The van der Waals surface area contributed by atoms with Crippen molar-refractivity contribution in [3.05, 3.63) is 11.5 Å². The van der Waals surface area contributed by atoms with Crippen molar-refractivity contribution in [1.82, 2.24) is 0 Å². The van der Waals surface area contributed by atoms with Crippen LogP contribution in [0.25, 0.3) is 11.5 Å². The molecule has 0 atom stereocenters. The summed E-state index contributed by atoms with van der Waals surface area (Å²) in [5.41, 5.74) is 12.5. The van der Waals surface area contributed by atoms with E-state index < -0.39 is 23.9 Å². The fourth-order valence-corrected chi connectivity index (χ4v) is 0. The molecular weight excluding hydrogens is 280 g/mol. The predicted octanol–water partition coefficient (Wildman–Crippen LogP) is -0.601. The molecule has 0 bridgehead atoms. The van der Waals surface area contributed by atoms with Crippen LogP contribution in [0.3, 0.4) is 0 Å². The van der Waals surface area contributed by atoms with Gasteiger partial charge in [0.1, 0.15) is 0 Å². The Balaban J connectivity index is -0.0000000741. The van der Waals surface area contributed by atoms with Crippen molar-refractivity contribution in [3.8, 4) is 0 Å². The van der Waals surface area contributed by atoms with E-state index in [1.165, 1.54) is 0 Å². The average molecular weight is 290 g/mol. The summed E-state index contributed by atoms with van der Waals surface area (Å²) in [4.78, 5) is 36.4. The minimum Gasteiger partial charge on any atom is -0.679 e. The molecule has 0 radical (unpaired) electrons. The molecule has 0 aliphatic heterocycles. The van der Waals surface area contributed by atoms with Crippen LogP contribution in [-0.2, 0) is 36.5 Å². The number of hydrogen-bond acceptors (Lipinski definition) is 4. The summed E-state index contributed by atoms with van der Waals surface area (Å²) in [6, 6.07) is 0. The Bertz CT molecular complexity index is 206. The fraction of sp³-hybridized carbons (Fsp3) is 0.333. The van der Waals surface area contributed by atoms with Crippen molar-refractivity contribution in [3.63, 3.8) is 0 Å². The van der Waals surface area contributed by atoms with Gasteiger partial charge in [0.05, 0.1) is 0 Å². The third-order valence-corrected chi connectivity index (χ3v) is 0.491. The Labute approximate surface area is 106 Å². The summed E-state index contributed by atoms with van der Waals surface area (Å²) in [6.07, 6.45) is 0. The van der Waals surface area contributed by atoms with Gasteiger partial charge in [0, 0.05) is 0 Å². The number of carboxylic acids is 4. The smallest absolute Gasteiger partial charge is 0.679 e. The minimum absolute atomic E-state index is 0. The molecule has 0 aliphatic rings. The first-order valence-electron chi connectivity index (χ1n) is 3.42. The molecule has 10 nitrogen and oxygen atoms in total. The molecule has 0 fully saturated rings. The molecule has 0 amide bonds. The average Bonchev–Trinajstić information content (AvgIpc) is 2.18. The van der Waals surface area contributed by atoms with E-state index in [1.54, 1.807) is 0 Å². The number of nitrogens with one attached hydrogen (secondary N) is 2. The Kier molecular flexibility index (Phi) is 24.2. The minimum atomic E-state index is -1.82. The molecular formula is C6H10CrN2O8. The normalized spacial score (nSPS) is 6.94. The summed E-state index contributed by atoms with van der Waals surface area (Å²) >= 11 is 0. The Hall–Kier alpha value is -1.67. The van der Waals surface area contributed by atoms with E-state index in [0.717, 1.165) is 0 Å². The molecule has 0 heterocycles. The van der Waals surface area contributed by atoms with Crippen LogP contribution < -0.4 is 0 Å². The van der Waals surface area contributed by atoms with Crippen LogP contribution in [0.4, 0.5) is 0 Å². The summed E-state index contributed by atoms with van der Waals surface area (Å²) in [6.45, 7) is 0.472. The van der Waals surface area contributed by atoms with E-state index in [1.807, 2.05) is 0 Å². The van der Waals surface area contributed by atoms with Crippen molar-refractivity contribution in [1.29, 1.82) is 0 Å². The van der Waals surface area contributed by atoms with Crippen molar-refractivity contribution >= 4 is 23.9 Å². The first-order chi connectivity index (χ1) is 7.20. The maximum Gasteiger partial charge on any atom is 2.00 e. The van der Waals surface area contributed by atoms with Gasteiger partial charge in [-0.15, -0.1) is 0 Å². The Morgan fingerprint density at radius 1 is 0.647 bits per heavy atom. The Morgan fingerprint density at radius 2 is 0.765 bits per heavy atom. The monoisotopic (exact) mass is 290 g/mol. The van der Waals surface area contributed by atoms with E-state index in [9.17, 15) is 0 Å². The summed E-state index contributed by atoms with van der Waals surface area (Å²) in [7, 11) is 0. The largest absolute Gasteiger partial charge is 2.00 e. The van der Waals surface area contributed by atoms with Gasteiger partial charge in [0.25, 0.3) is 0 Å². The van der Waals surface area contributed by atoms with Crippen LogP contribution in [0.5, 0.6) is 0 Å². The van der Waals surface area contributed by atoms with Crippen LogP contribution >= 0.6 is 0 Å². The molecule has 0 aromatic carbocycles. The van der Waals surface area contributed by atoms with E-state index in [0.29, 0.717) is 0 Å². The molecule has 6 N–H and O–H groups in total. The first-order valence-corrected chi connectivity index (χ1v) is 3.42. The van der Waals surface area contributed by atoms with Gasteiger partial charge in [-0.1, -0.05) is 0 Å². The maximum absolute atomic E-state index is 9.10. The molecule has 0 unspecified atom stereocenters. The standard InChI is InChI=1S/C2H6N2.2C2H2O4.Cr/c3-1-2-4;2*3-1(4)2(5)6;/h3-4H,1-2H2;2*(H,3,4)(H,5,6);/q-2;;;+2. The van der Waals surface area contributed by atoms with Gasteiger partial charge >= 0.3 is 41.2 Å². The molecule has 0 spiro atoms. The van der Waals surface area contributed by atoms with Gasteiger partial charge in [0.2, 0.25) is 0 Å². The number of carboxylic acid groups (broad SMARTS) is 4. The summed E-state index contributed by atoms with van der Waals surface area (Å²) < 4.78 is 0. The van der Waals surface area contributed by atoms with Gasteiger partial charge in [-0.2, -0.15) is 13.1 Å².